The molecule has 16 heavy (non-hydrogen) atoms. The van der Waals surface area contributed by atoms with Crippen LogP contribution in [0.4, 0.5) is 0 Å². The minimum absolute atomic E-state index is 0.347. The molecule has 1 aliphatic heterocycles. The SMILES string of the molecule is C=COc1ccc2c(c1CC)C(=O)NC2=O. The van der Waals surface area contributed by atoms with Gasteiger partial charge in [0.2, 0.25) is 0 Å². The topological polar surface area (TPSA) is 55.4 Å². The molecule has 1 aromatic carbocycles. The summed E-state index contributed by atoms with van der Waals surface area (Å²) in [4.78, 5) is 23.0. The Bertz CT molecular complexity index is 491. The van der Waals surface area contributed by atoms with Gasteiger partial charge in [0.25, 0.3) is 11.8 Å². The fourth-order valence-electron chi connectivity index (χ4n) is 1.86. The van der Waals surface area contributed by atoms with E-state index in [0.29, 0.717) is 23.3 Å². The molecule has 0 aromatic heterocycles. The number of rotatable bonds is 3. The van der Waals surface area contributed by atoms with Crippen molar-refractivity contribution in [2.24, 2.45) is 0 Å². The van der Waals surface area contributed by atoms with Gasteiger partial charge >= 0.3 is 0 Å². The van der Waals surface area contributed by atoms with Gasteiger partial charge in [-0.2, -0.15) is 0 Å². The highest BCUT2D eigenvalue weighted by atomic mass is 16.5. The second-order valence-electron chi connectivity index (χ2n) is 3.39. The fourth-order valence-corrected chi connectivity index (χ4v) is 1.86. The van der Waals surface area contributed by atoms with Crippen LogP contribution in [0.15, 0.2) is 25.0 Å². The third kappa shape index (κ3) is 1.39. The highest BCUT2D eigenvalue weighted by Gasteiger charge is 2.30. The second-order valence-corrected chi connectivity index (χ2v) is 3.39. The summed E-state index contributed by atoms with van der Waals surface area (Å²) in [5, 5.41) is 2.27. The average molecular weight is 217 g/mol. The van der Waals surface area contributed by atoms with E-state index in [4.69, 9.17) is 4.74 Å². The lowest BCUT2D eigenvalue weighted by molar-refractivity contribution is 0.0879. The number of carbonyl (C=O) groups is 2. The molecule has 1 heterocycles. The Labute approximate surface area is 92.9 Å². The summed E-state index contributed by atoms with van der Waals surface area (Å²) < 4.78 is 5.21. The molecule has 0 atom stereocenters. The normalized spacial score (nSPS) is 13.3. The standard InChI is InChI=1S/C12H11NO3/c1-3-7-9(16-4-2)6-5-8-10(7)12(15)13-11(8)14/h4-6H,2-3H2,1H3,(H,13,14,15). The van der Waals surface area contributed by atoms with Crippen molar-refractivity contribution in [1.82, 2.24) is 5.32 Å². The first-order chi connectivity index (χ1) is 7.69. The van der Waals surface area contributed by atoms with Gasteiger partial charge in [0, 0.05) is 5.56 Å². The first kappa shape index (κ1) is 10.4. The van der Waals surface area contributed by atoms with E-state index in [0.717, 1.165) is 5.56 Å². The zero-order valence-corrected chi connectivity index (χ0v) is 8.87. The maximum absolute atomic E-state index is 11.6. The quantitative estimate of drug-likeness (QED) is 0.618. The van der Waals surface area contributed by atoms with Gasteiger partial charge in [0.05, 0.1) is 17.4 Å². The first-order valence-corrected chi connectivity index (χ1v) is 4.98. The van der Waals surface area contributed by atoms with E-state index in [9.17, 15) is 9.59 Å². The van der Waals surface area contributed by atoms with Crippen LogP contribution in [0.1, 0.15) is 33.2 Å². The molecule has 0 unspecified atom stereocenters. The number of fused-ring (bicyclic) bond motifs is 1. The smallest absolute Gasteiger partial charge is 0.259 e. The molecule has 2 rings (SSSR count). The zero-order valence-electron chi connectivity index (χ0n) is 8.87. The Kier molecular flexibility index (Phi) is 2.48. The lowest BCUT2D eigenvalue weighted by Gasteiger charge is -2.09. The number of ether oxygens (including phenoxy) is 1. The van der Waals surface area contributed by atoms with E-state index in [-0.39, 0.29) is 11.8 Å². The predicted molar refractivity (Wildman–Crippen MR) is 58.4 cm³/mol. The highest BCUT2D eigenvalue weighted by molar-refractivity contribution is 6.22. The van der Waals surface area contributed by atoms with Crippen molar-refractivity contribution < 1.29 is 14.3 Å². The van der Waals surface area contributed by atoms with E-state index >= 15 is 0 Å². The molecule has 0 saturated heterocycles. The minimum Gasteiger partial charge on any atom is -0.465 e. The van der Waals surface area contributed by atoms with E-state index in [2.05, 4.69) is 11.9 Å². The van der Waals surface area contributed by atoms with Crippen molar-refractivity contribution >= 4 is 11.8 Å². The average Bonchev–Trinajstić information content (AvgIpc) is 2.55. The van der Waals surface area contributed by atoms with E-state index in [1.807, 2.05) is 6.92 Å². The van der Waals surface area contributed by atoms with Crippen LogP contribution >= 0.6 is 0 Å². The fraction of sp³-hybridized carbons (Fsp3) is 0.167. The molecule has 0 spiro atoms. The lowest BCUT2D eigenvalue weighted by Crippen LogP contribution is -2.20. The Morgan fingerprint density at radius 2 is 2.12 bits per heavy atom. The van der Waals surface area contributed by atoms with Gasteiger partial charge < -0.3 is 4.74 Å². The molecular weight excluding hydrogens is 206 g/mol. The molecule has 0 aliphatic carbocycles. The largest absolute Gasteiger partial charge is 0.465 e. The van der Waals surface area contributed by atoms with Gasteiger partial charge in [0.15, 0.2) is 0 Å². The summed E-state index contributed by atoms with van der Waals surface area (Å²) >= 11 is 0. The van der Waals surface area contributed by atoms with Gasteiger partial charge in [-0.1, -0.05) is 13.5 Å². The number of amides is 2. The summed E-state index contributed by atoms with van der Waals surface area (Å²) in [5.74, 6) is -0.132. The molecule has 0 bridgehead atoms. The molecule has 2 amide bonds. The Balaban J connectivity index is 2.65. The van der Waals surface area contributed by atoms with Crippen LogP contribution in [-0.2, 0) is 6.42 Å². The summed E-state index contributed by atoms with van der Waals surface area (Å²) in [6.07, 6.45) is 1.92. The van der Waals surface area contributed by atoms with Crippen molar-refractivity contribution in [3.05, 3.63) is 41.7 Å². The van der Waals surface area contributed by atoms with Gasteiger partial charge in [-0.15, -0.1) is 0 Å². The van der Waals surface area contributed by atoms with Crippen LogP contribution in [0.25, 0.3) is 0 Å². The van der Waals surface area contributed by atoms with Gasteiger partial charge in [-0.25, -0.2) is 0 Å². The molecule has 0 saturated carbocycles. The highest BCUT2D eigenvalue weighted by Crippen LogP contribution is 2.29. The van der Waals surface area contributed by atoms with Crippen LogP contribution in [-0.4, -0.2) is 11.8 Å². The summed E-state index contributed by atoms with van der Waals surface area (Å²) in [6, 6.07) is 3.27. The number of hydrogen-bond donors (Lipinski definition) is 1. The van der Waals surface area contributed by atoms with Gasteiger partial charge in [-0.3, -0.25) is 14.9 Å². The summed E-state index contributed by atoms with van der Waals surface area (Å²) in [6.45, 7) is 5.37. The molecule has 0 fully saturated rings. The lowest BCUT2D eigenvalue weighted by atomic mass is 10.00. The molecule has 4 nitrogen and oxygen atoms in total. The van der Waals surface area contributed by atoms with Crippen molar-refractivity contribution in [1.29, 1.82) is 0 Å². The van der Waals surface area contributed by atoms with Crippen LogP contribution in [0.5, 0.6) is 5.75 Å². The van der Waals surface area contributed by atoms with E-state index in [1.54, 1.807) is 12.1 Å². The van der Waals surface area contributed by atoms with Crippen LogP contribution in [0.3, 0.4) is 0 Å². The van der Waals surface area contributed by atoms with Crippen molar-refractivity contribution in [2.75, 3.05) is 0 Å². The molecule has 1 aliphatic rings. The number of benzene rings is 1. The van der Waals surface area contributed by atoms with E-state index in [1.165, 1.54) is 6.26 Å². The van der Waals surface area contributed by atoms with Crippen molar-refractivity contribution in [3.63, 3.8) is 0 Å². The molecule has 0 radical (unpaired) electrons. The number of nitrogens with one attached hydrogen (secondary N) is 1. The summed E-state index contributed by atoms with van der Waals surface area (Å²) in [5.41, 5.74) is 1.57. The van der Waals surface area contributed by atoms with Crippen LogP contribution < -0.4 is 10.1 Å². The maximum atomic E-state index is 11.6. The first-order valence-electron chi connectivity index (χ1n) is 4.98. The number of imide groups is 1. The third-order valence-electron chi connectivity index (χ3n) is 2.53. The Hall–Kier alpha value is -2.10. The van der Waals surface area contributed by atoms with Gasteiger partial charge in [-0.05, 0) is 18.6 Å². The minimum atomic E-state index is -0.355. The molecule has 1 N–H and O–H groups in total. The molecule has 1 aromatic rings. The van der Waals surface area contributed by atoms with Crippen molar-refractivity contribution in [3.8, 4) is 5.75 Å². The Morgan fingerprint density at radius 3 is 2.75 bits per heavy atom. The van der Waals surface area contributed by atoms with Crippen LogP contribution in [0, 0.1) is 0 Å². The van der Waals surface area contributed by atoms with Crippen molar-refractivity contribution in [2.45, 2.75) is 13.3 Å². The number of carbonyl (C=O) groups excluding carboxylic acids is 2. The molecular formula is C12H11NO3. The predicted octanol–water partition coefficient (Wildman–Crippen LogP) is 1.65. The van der Waals surface area contributed by atoms with Gasteiger partial charge in [0.1, 0.15) is 5.75 Å². The zero-order chi connectivity index (χ0) is 11.7. The summed E-state index contributed by atoms with van der Waals surface area (Å²) in [7, 11) is 0. The third-order valence-corrected chi connectivity index (χ3v) is 2.53. The van der Waals surface area contributed by atoms with E-state index < -0.39 is 0 Å². The molecule has 4 heteroatoms. The van der Waals surface area contributed by atoms with Crippen LogP contribution in [0.2, 0.25) is 0 Å². The molecule has 82 valence electrons. The maximum Gasteiger partial charge on any atom is 0.259 e. The second kappa shape index (κ2) is 3.81. The number of hydrogen-bond acceptors (Lipinski definition) is 3. The monoisotopic (exact) mass is 217 g/mol. The Morgan fingerprint density at radius 1 is 1.38 bits per heavy atom.